The molecular formula is C22H18ClN5O2S. The van der Waals surface area contributed by atoms with Crippen molar-refractivity contribution in [2.75, 3.05) is 10.7 Å². The summed E-state index contributed by atoms with van der Waals surface area (Å²) in [6.07, 6.45) is 1.69. The minimum absolute atomic E-state index is 0.0729. The van der Waals surface area contributed by atoms with Gasteiger partial charge in [-0.1, -0.05) is 53.7 Å². The molecule has 1 N–H and O–H groups in total. The Hall–Kier alpha value is -3.23. The molecule has 2 heterocycles. The molecule has 0 spiro atoms. The first kappa shape index (κ1) is 21.0. The molecule has 2 aliphatic rings. The highest BCUT2D eigenvalue weighted by Gasteiger charge is 2.29. The lowest BCUT2D eigenvalue weighted by atomic mass is 10.1. The number of nitrogens with one attached hydrogen (secondary N) is 1. The van der Waals surface area contributed by atoms with Crippen molar-refractivity contribution in [3.05, 3.63) is 70.4 Å². The Morgan fingerprint density at radius 1 is 1.19 bits per heavy atom. The van der Waals surface area contributed by atoms with Gasteiger partial charge in [0.05, 0.1) is 17.2 Å². The molecule has 7 nitrogen and oxygen atoms in total. The number of carbonyl (C=O) groups is 2. The van der Waals surface area contributed by atoms with Gasteiger partial charge in [0.2, 0.25) is 5.91 Å². The average molecular weight is 452 g/mol. The van der Waals surface area contributed by atoms with Crippen LogP contribution in [-0.2, 0) is 9.59 Å². The molecule has 0 aliphatic carbocycles. The maximum absolute atomic E-state index is 12.9. The second-order valence-electron chi connectivity index (χ2n) is 6.82. The highest BCUT2D eigenvalue weighted by Crippen LogP contribution is 2.27. The maximum atomic E-state index is 12.9. The van der Waals surface area contributed by atoms with Gasteiger partial charge in [-0.15, -0.1) is 5.10 Å². The minimum Gasteiger partial charge on any atom is -0.303 e. The molecule has 2 amide bonds. The topological polar surface area (TPSA) is 86.5 Å². The van der Waals surface area contributed by atoms with Gasteiger partial charge >= 0.3 is 0 Å². The molecule has 1 fully saturated rings. The molecule has 2 aromatic rings. The molecular weight excluding hydrogens is 434 g/mol. The van der Waals surface area contributed by atoms with Crippen molar-refractivity contribution in [3.8, 4) is 0 Å². The molecule has 2 aliphatic heterocycles. The van der Waals surface area contributed by atoms with E-state index in [1.165, 1.54) is 11.8 Å². The van der Waals surface area contributed by atoms with Crippen LogP contribution in [0.2, 0.25) is 5.02 Å². The van der Waals surface area contributed by atoms with Crippen LogP contribution in [0, 0.1) is 0 Å². The monoisotopic (exact) mass is 451 g/mol. The van der Waals surface area contributed by atoms with E-state index in [0.717, 1.165) is 11.1 Å². The van der Waals surface area contributed by atoms with Crippen LogP contribution in [0.5, 0.6) is 0 Å². The predicted molar refractivity (Wildman–Crippen MR) is 127 cm³/mol. The van der Waals surface area contributed by atoms with Crippen LogP contribution in [-0.4, -0.2) is 34.3 Å². The zero-order valence-electron chi connectivity index (χ0n) is 16.8. The van der Waals surface area contributed by atoms with E-state index in [2.05, 4.69) is 20.5 Å². The second kappa shape index (κ2) is 8.87. The first-order valence-corrected chi connectivity index (χ1v) is 10.8. The number of aliphatic imine (C=N–C) groups is 1. The van der Waals surface area contributed by atoms with Crippen molar-refractivity contribution in [1.29, 1.82) is 0 Å². The number of carbonyl (C=O) groups excluding carboxylic acids is 2. The van der Waals surface area contributed by atoms with E-state index in [9.17, 15) is 9.59 Å². The van der Waals surface area contributed by atoms with Crippen LogP contribution >= 0.6 is 23.4 Å². The molecule has 2 aromatic carbocycles. The molecule has 0 atom stereocenters. The highest BCUT2D eigenvalue weighted by molar-refractivity contribution is 8.15. The van der Waals surface area contributed by atoms with Gasteiger partial charge in [-0.25, -0.2) is 4.99 Å². The number of rotatable bonds is 4. The first-order valence-electron chi connectivity index (χ1n) is 9.43. The van der Waals surface area contributed by atoms with Gasteiger partial charge in [0, 0.05) is 5.02 Å². The van der Waals surface area contributed by atoms with Crippen molar-refractivity contribution in [2.24, 2.45) is 15.2 Å². The van der Waals surface area contributed by atoms with E-state index in [-0.39, 0.29) is 11.8 Å². The van der Waals surface area contributed by atoms with Crippen LogP contribution < -0.4 is 10.2 Å². The third-order valence-electron chi connectivity index (χ3n) is 4.65. The van der Waals surface area contributed by atoms with Crippen LogP contribution in [0.4, 0.5) is 5.69 Å². The third kappa shape index (κ3) is 4.60. The van der Waals surface area contributed by atoms with Gasteiger partial charge < -0.3 is 5.32 Å². The van der Waals surface area contributed by atoms with Crippen molar-refractivity contribution in [1.82, 2.24) is 5.32 Å². The third-order valence-corrected chi connectivity index (χ3v) is 5.85. The molecule has 0 saturated carbocycles. The largest absolute Gasteiger partial charge is 0.303 e. The lowest BCUT2D eigenvalue weighted by Gasteiger charge is -2.16. The number of hydrogen-bond donors (Lipinski definition) is 1. The van der Waals surface area contributed by atoms with Crippen LogP contribution in [0.15, 0.2) is 69.4 Å². The van der Waals surface area contributed by atoms with Gasteiger partial charge in [-0.3, -0.25) is 14.5 Å². The minimum atomic E-state index is -0.212. The molecule has 0 aromatic heterocycles. The van der Waals surface area contributed by atoms with Gasteiger partial charge in [0.15, 0.2) is 5.17 Å². The number of hydrogen-bond acceptors (Lipinski definition) is 6. The zero-order valence-corrected chi connectivity index (χ0v) is 18.4. The predicted octanol–water partition coefficient (Wildman–Crippen LogP) is 4.09. The van der Waals surface area contributed by atoms with Crippen molar-refractivity contribution in [2.45, 2.75) is 13.8 Å². The van der Waals surface area contributed by atoms with Gasteiger partial charge in [-0.05, 0) is 49.2 Å². The molecule has 4 rings (SSSR count). The molecule has 156 valence electrons. The quantitative estimate of drug-likeness (QED) is 0.431. The van der Waals surface area contributed by atoms with E-state index in [0.29, 0.717) is 38.9 Å². The number of amides is 2. The van der Waals surface area contributed by atoms with Crippen LogP contribution in [0.25, 0.3) is 6.08 Å². The Morgan fingerprint density at radius 2 is 1.94 bits per heavy atom. The maximum Gasteiger partial charge on any atom is 0.282 e. The number of halogens is 1. The van der Waals surface area contributed by atoms with Crippen molar-refractivity contribution >= 4 is 63.7 Å². The number of anilines is 1. The van der Waals surface area contributed by atoms with Crippen molar-refractivity contribution in [3.63, 3.8) is 0 Å². The number of thioether (sulfide) groups is 1. The van der Waals surface area contributed by atoms with Crippen LogP contribution in [0.1, 0.15) is 25.0 Å². The number of benzene rings is 2. The Labute approximate surface area is 188 Å². The summed E-state index contributed by atoms with van der Waals surface area (Å²) in [5.41, 5.74) is 3.33. The number of amidine groups is 2. The van der Waals surface area contributed by atoms with E-state index in [4.69, 9.17) is 11.6 Å². The lowest BCUT2D eigenvalue weighted by Crippen LogP contribution is -2.30. The second-order valence-corrected chi connectivity index (χ2v) is 8.20. The SMILES string of the molecule is CC1=N/C(=C\c2ccccc2Cl)C(=O)N1c1ccc(/C(C)=N/N=C2/NC(=O)CS2)cc1. The number of nitrogens with zero attached hydrogens (tertiary/aromatic N) is 4. The summed E-state index contributed by atoms with van der Waals surface area (Å²) in [4.78, 5) is 30.1. The van der Waals surface area contributed by atoms with Gasteiger partial charge in [0.25, 0.3) is 5.91 Å². The summed E-state index contributed by atoms with van der Waals surface area (Å²) >= 11 is 7.52. The molecule has 1 saturated heterocycles. The fourth-order valence-corrected chi connectivity index (χ4v) is 3.90. The summed E-state index contributed by atoms with van der Waals surface area (Å²) in [7, 11) is 0. The summed E-state index contributed by atoms with van der Waals surface area (Å²) < 4.78 is 0. The molecule has 0 radical (unpaired) electrons. The Morgan fingerprint density at radius 3 is 2.61 bits per heavy atom. The summed E-state index contributed by atoms with van der Waals surface area (Å²) in [5.74, 6) is 0.661. The van der Waals surface area contributed by atoms with E-state index in [1.54, 1.807) is 24.0 Å². The first-order chi connectivity index (χ1) is 14.9. The highest BCUT2D eigenvalue weighted by atomic mass is 35.5. The van der Waals surface area contributed by atoms with E-state index in [1.807, 2.05) is 49.4 Å². The fourth-order valence-electron chi connectivity index (χ4n) is 3.08. The smallest absolute Gasteiger partial charge is 0.282 e. The zero-order chi connectivity index (χ0) is 22.0. The molecule has 0 unspecified atom stereocenters. The van der Waals surface area contributed by atoms with E-state index < -0.39 is 0 Å². The summed E-state index contributed by atoms with van der Waals surface area (Å²) in [5, 5.41) is 11.9. The Kier molecular flexibility index (Phi) is 6.01. The van der Waals surface area contributed by atoms with Gasteiger partial charge in [0.1, 0.15) is 11.5 Å². The van der Waals surface area contributed by atoms with Crippen molar-refractivity contribution < 1.29 is 9.59 Å². The molecule has 9 heteroatoms. The Bertz CT molecular complexity index is 1180. The van der Waals surface area contributed by atoms with Crippen LogP contribution in [0.3, 0.4) is 0 Å². The Balaban J connectivity index is 1.53. The fraction of sp³-hybridized carbons (Fsp3) is 0.136. The molecule has 0 bridgehead atoms. The lowest BCUT2D eigenvalue weighted by molar-refractivity contribution is -0.117. The van der Waals surface area contributed by atoms with E-state index >= 15 is 0 Å². The average Bonchev–Trinajstić information content (AvgIpc) is 3.30. The normalized spacial score (nSPS) is 19.4. The summed E-state index contributed by atoms with van der Waals surface area (Å²) in [6, 6.07) is 14.7. The summed E-state index contributed by atoms with van der Waals surface area (Å²) in [6.45, 7) is 3.62. The standard InChI is InChI=1S/C22H18ClN5O2S/c1-13(26-27-22-25-20(29)12-31-22)15-7-9-17(10-8-15)28-14(2)24-19(21(28)30)11-16-5-3-4-6-18(16)23/h3-11H,12H2,1-2H3,(H,25,27,29)/b19-11-,26-13+. The molecule has 31 heavy (non-hydrogen) atoms. The van der Waals surface area contributed by atoms with Gasteiger partial charge in [-0.2, -0.15) is 5.10 Å².